The van der Waals surface area contributed by atoms with E-state index in [1.165, 1.54) is 11.8 Å². The van der Waals surface area contributed by atoms with Gasteiger partial charge < -0.3 is 18.9 Å². The van der Waals surface area contributed by atoms with Crippen LogP contribution in [0, 0.1) is 13.8 Å². The van der Waals surface area contributed by atoms with Crippen LogP contribution in [-0.4, -0.2) is 37.4 Å². The highest BCUT2D eigenvalue weighted by Gasteiger charge is 2.16. The number of nitrogens with zero attached hydrogens (tertiary/aromatic N) is 2. The molecule has 0 saturated carbocycles. The van der Waals surface area contributed by atoms with Crippen molar-refractivity contribution in [1.82, 2.24) is 4.57 Å². The standard InChI is InChI=1S/C24H26N2O4/c1-17-12-21(18(2)26(17)15-19-8-6-5-7-9-19)22(27)16-30-25-14-20-10-11-23(28-3)24(13-20)29-4/h5-14H,15-16H2,1-4H3/b25-14+. The number of methoxy groups -OCH3 is 2. The van der Waals surface area contributed by atoms with Crippen molar-refractivity contribution in [2.75, 3.05) is 20.8 Å². The normalized spacial score (nSPS) is 10.9. The maximum atomic E-state index is 12.6. The highest BCUT2D eigenvalue weighted by molar-refractivity contribution is 5.98. The maximum Gasteiger partial charge on any atom is 0.204 e. The molecule has 0 fully saturated rings. The first-order valence-electron chi connectivity index (χ1n) is 9.64. The molecule has 1 aromatic heterocycles. The third kappa shape index (κ3) is 4.89. The Hall–Kier alpha value is -3.54. The van der Waals surface area contributed by atoms with E-state index in [-0.39, 0.29) is 12.4 Å². The summed E-state index contributed by atoms with van der Waals surface area (Å²) < 4.78 is 12.6. The SMILES string of the molecule is COc1ccc(/C=N/OCC(=O)c2cc(C)n(Cc3ccccc3)c2C)cc1OC. The number of Topliss-reactive ketones (excluding diaryl/α,β-unsaturated/α-hetero) is 1. The molecular formula is C24H26N2O4. The molecule has 0 bridgehead atoms. The van der Waals surface area contributed by atoms with Gasteiger partial charge in [-0.1, -0.05) is 35.5 Å². The lowest BCUT2D eigenvalue weighted by Gasteiger charge is -2.10. The van der Waals surface area contributed by atoms with Crippen LogP contribution in [0.1, 0.15) is 32.9 Å². The van der Waals surface area contributed by atoms with E-state index in [0.29, 0.717) is 17.1 Å². The smallest absolute Gasteiger partial charge is 0.204 e. The number of carbonyl (C=O) groups excluding carboxylic acids is 1. The van der Waals surface area contributed by atoms with Crippen LogP contribution in [-0.2, 0) is 11.4 Å². The van der Waals surface area contributed by atoms with Crippen LogP contribution in [0.5, 0.6) is 11.5 Å². The van der Waals surface area contributed by atoms with E-state index in [9.17, 15) is 4.79 Å². The van der Waals surface area contributed by atoms with Crippen molar-refractivity contribution in [3.63, 3.8) is 0 Å². The molecule has 6 nitrogen and oxygen atoms in total. The van der Waals surface area contributed by atoms with Gasteiger partial charge in [0.25, 0.3) is 0 Å². The Morgan fingerprint density at radius 3 is 2.43 bits per heavy atom. The highest BCUT2D eigenvalue weighted by atomic mass is 16.6. The lowest BCUT2D eigenvalue weighted by atomic mass is 10.1. The molecule has 0 spiro atoms. The van der Waals surface area contributed by atoms with Gasteiger partial charge in [0.1, 0.15) is 0 Å². The number of rotatable bonds is 9. The van der Waals surface area contributed by atoms with Crippen molar-refractivity contribution < 1.29 is 19.1 Å². The molecule has 0 aliphatic heterocycles. The highest BCUT2D eigenvalue weighted by Crippen LogP contribution is 2.26. The summed E-state index contributed by atoms with van der Waals surface area (Å²) in [5, 5.41) is 3.92. The Labute approximate surface area is 176 Å². The van der Waals surface area contributed by atoms with E-state index >= 15 is 0 Å². The molecule has 3 aromatic rings. The van der Waals surface area contributed by atoms with Gasteiger partial charge in [0.05, 0.1) is 20.4 Å². The van der Waals surface area contributed by atoms with Crippen LogP contribution in [0.3, 0.4) is 0 Å². The van der Waals surface area contributed by atoms with Gasteiger partial charge in [-0.05, 0) is 43.7 Å². The molecule has 2 aromatic carbocycles. The summed E-state index contributed by atoms with van der Waals surface area (Å²) in [5.74, 6) is 1.13. The number of hydrogen-bond acceptors (Lipinski definition) is 5. The number of benzene rings is 2. The van der Waals surface area contributed by atoms with Crippen LogP contribution in [0.2, 0.25) is 0 Å². The Balaban J connectivity index is 1.63. The van der Waals surface area contributed by atoms with Gasteiger partial charge in [0, 0.05) is 29.1 Å². The van der Waals surface area contributed by atoms with Crippen LogP contribution in [0.15, 0.2) is 59.8 Å². The Kier molecular flexibility index (Phi) is 6.91. The Morgan fingerprint density at radius 2 is 1.73 bits per heavy atom. The second-order valence-corrected chi connectivity index (χ2v) is 6.90. The number of ether oxygens (including phenoxy) is 2. The van der Waals surface area contributed by atoms with Crippen LogP contribution in [0.4, 0.5) is 0 Å². The van der Waals surface area contributed by atoms with Gasteiger partial charge in [-0.25, -0.2) is 0 Å². The van der Waals surface area contributed by atoms with Gasteiger partial charge in [0.15, 0.2) is 18.1 Å². The summed E-state index contributed by atoms with van der Waals surface area (Å²) in [6, 6.07) is 17.5. The molecule has 156 valence electrons. The lowest BCUT2D eigenvalue weighted by Crippen LogP contribution is -2.09. The summed E-state index contributed by atoms with van der Waals surface area (Å²) in [6.45, 7) is 4.56. The summed E-state index contributed by atoms with van der Waals surface area (Å²) in [6.07, 6.45) is 1.54. The zero-order chi connectivity index (χ0) is 21.5. The molecule has 0 aliphatic carbocycles. The summed E-state index contributed by atoms with van der Waals surface area (Å²) in [5.41, 5.74) is 4.59. The van der Waals surface area contributed by atoms with E-state index in [1.54, 1.807) is 26.4 Å². The predicted octanol–water partition coefficient (Wildman–Crippen LogP) is 4.40. The van der Waals surface area contributed by atoms with Crippen molar-refractivity contribution in [3.05, 3.63) is 82.7 Å². The molecular weight excluding hydrogens is 380 g/mol. The number of ketones is 1. The second kappa shape index (κ2) is 9.78. The third-order valence-corrected chi connectivity index (χ3v) is 4.94. The van der Waals surface area contributed by atoms with Gasteiger partial charge in [-0.2, -0.15) is 0 Å². The molecule has 6 heteroatoms. The number of aromatic nitrogens is 1. The molecule has 1 heterocycles. The van der Waals surface area contributed by atoms with E-state index in [2.05, 4.69) is 21.9 Å². The summed E-state index contributed by atoms with van der Waals surface area (Å²) in [4.78, 5) is 17.9. The van der Waals surface area contributed by atoms with Crippen molar-refractivity contribution in [2.24, 2.45) is 5.16 Å². The molecule has 0 radical (unpaired) electrons. The molecule has 30 heavy (non-hydrogen) atoms. The van der Waals surface area contributed by atoms with Crippen LogP contribution < -0.4 is 9.47 Å². The molecule has 3 rings (SSSR count). The number of hydrogen-bond donors (Lipinski definition) is 0. The first-order chi connectivity index (χ1) is 14.5. The largest absolute Gasteiger partial charge is 0.493 e. The van der Waals surface area contributed by atoms with Crippen molar-refractivity contribution >= 4 is 12.0 Å². The van der Waals surface area contributed by atoms with Crippen molar-refractivity contribution in [2.45, 2.75) is 20.4 Å². The summed E-state index contributed by atoms with van der Waals surface area (Å²) in [7, 11) is 3.15. The molecule has 0 atom stereocenters. The molecule has 0 amide bonds. The Bertz CT molecular complexity index is 1040. The predicted molar refractivity (Wildman–Crippen MR) is 117 cm³/mol. The number of oxime groups is 1. The zero-order valence-electron chi connectivity index (χ0n) is 17.7. The maximum absolute atomic E-state index is 12.6. The minimum Gasteiger partial charge on any atom is -0.493 e. The first-order valence-corrected chi connectivity index (χ1v) is 9.64. The van der Waals surface area contributed by atoms with Crippen molar-refractivity contribution in [3.8, 4) is 11.5 Å². The zero-order valence-corrected chi connectivity index (χ0v) is 17.7. The monoisotopic (exact) mass is 406 g/mol. The summed E-state index contributed by atoms with van der Waals surface area (Å²) >= 11 is 0. The van der Waals surface area contributed by atoms with E-state index < -0.39 is 0 Å². The lowest BCUT2D eigenvalue weighted by molar-refractivity contribution is 0.0778. The quantitative estimate of drug-likeness (QED) is 0.300. The minimum atomic E-state index is -0.126. The minimum absolute atomic E-state index is 0.105. The first kappa shape index (κ1) is 21.2. The molecule has 0 unspecified atom stereocenters. The van der Waals surface area contributed by atoms with Gasteiger partial charge in [0.2, 0.25) is 5.78 Å². The second-order valence-electron chi connectivity index (χ2n) is 6.90. The number of carbonyl (C=O) groups is 1. The van der Waals surface area contributed by atoms with E-state index in [4.69, 9.17) is 14.3 Å². The number of aryl methyl sites for hydroxylation is 1. The average Bonchev–Trinajstić information content (AvgIpc) is 3.05. The van der Waals surface area contributed by atoms with E-state index in [0.717, 1.165) is 23.5 Å². The van der Waals surface area contributed by atoms with Gasteiger partial charge in [-0.3, -0.25) is 4.79 Å². The molecule has 0 saturated heterocycles. The topological polar surface area (TPSA) is 62.0 Å². The van der Waals surface area contributed by atoms with Gasteiger partial charge in [-0.15, -0.1) is 0 Å². The van der Waals surface area contributed by atoms with Crippen LogP contribution >= 0.6 is 0 Å². The van der Waals surface area contributed by atoms with Crippen LogP contribution in [0.25, 0.3) is 0 Å². The van der Waals surface area contributed by atoms with E-state index in [1.807, 2.05) is 44.2 Å². The van der Waals surface area contributed by atoms with Gasteiger partial charge >= 0.3 is 0 Å². The average molecular weight is 406 g/mol. The third-order valence-electron chi connectivity index (χ3n) is 4.94. The fourth-order valence-electron chi connectivity index (χ4n) is 3.30. The fraction of sp³-hybridized carbons (Fsp3) is 0.250. The van der Waals surface area contributed by atoms with Crippen molar-refractivity contribution in [1.29, 1.82) is 0 Å². The fourth-order valence-corrected chi connectivity index (χ4v) is 3.30. The Morgan fingerprint density at radius 1 is 1.00 bits per heavy atom. The molecule has 0 aliphatic rings. The molecule has 0 N–H and O–H groups in total.